The number of amides is 2. The lowest BCUT2D eigenvalue weighted by atomic mass is 10.1. The van der Waals surface area contributed by atoms with Crippen molar-refractivity contribution in [2.45, 2.75) is 19.4 Å². The third kappa shape index (κ3) is 4.71. The number of urea groups is 1. The van der Waals surface area contributed by atoms with Crippen LogP contribution >= 0.6 is 11.6 Å². The predicted molar refractivity (Wildman–Crippen MR) is 76.4 cm³/mol. The van der Waals surface area contributed by atoms with E-state index in [4.69, 9.17) is 16.7 Å². The van der Waals surface area contributed by atoms with Crippen LogP contribution in [-0.4, -0.2) is 46.3 Å². The highest BCUT2D eigenvalue weighted by molar-refractivity contribution is 6.33. The lowest BCUT2D eigenvalue weighted by molar-refractivity contribution is 0.0550. The number of benzene rings is 1. The monoisotopic (exact) mass is 300 g/mol. The van der Waals surface area contributed by atoms with Gasteiger partial charge in [0.05, 0.1) is 22.7 Å². The normalized spacial score (nSPS) is 11.1. The number of nitrogens with one attached hydrogen (secondary N) is 1. The van der Waals surface area contributed by atoms with Crippen LogP contribution in [0.15, 0.2) is 18.2 Å². The molecule has 2 amide bonds. The van der Waals surface area contributed by atoms with E-state index in [1.165, 1.54) is 30.1 Å². The van der Waals surface area contributed by atoms with E-state index < -0.39 is 17.6 Å². The molecule has 0 aromatic heterocycles. The third-order valence-corrected chi connectivity index (χ3v) is 2.75. The highest BCUT2D eigenvalue weighted by Gasteiger charge is 2.19. The van der Waals surface area contributed by atoms with E-state index in [9.17, 15) is 14.7 Å². The molecule has 7 heteroatoms. The molecule has 0 bridgehead atoms. The maximum atomic E-state index is 11.9. The summed E-state index contributed by atoms with van der Waals surface area (Å²) in [4.78, 5) is 24.1. The van der Waals surface area contributed by atoms with Crippen LogP contribution in [0.25, 0.3) is 0 Å². The summed E-state index contributed by atoms with van der Waals surface area (Å²) in [7, 11) is 1.53. The summed E-state index contributed by atoms with van der Waals surface area (Å²) in [5.41, 5.74) is -0.785. The number of hydrogen-bond acceptors (Lipinski definition) is 3. The molecule has 1 rings (SSSR count). The molecule has 0 atom stereocenters. The number of carbonyl (C=O) groups is 2. The van der Waals surface area contributed by atoms with E-state index in [1.807, 2.05) is 0 Å². The standard InChI is InChI=1S/C13H17ClN2O4/c1-13(2,20)7-16(3)12(19)15-8-4-5-10(14)9(6-8)11(17)18/h4-6,20H,7H2,1-3H3,(H,15,19)(H,17,18). The van der Waals surface area contributed by atoms with Gasteiger partial charge in [-0.05, 0) is 32.0 Å². The zero-order valence-corrected chi connectivity index (χ0v) is 12.2. The molecule has 110 valence electrons. The van der Waals surface area contributed by atoms with Crippen molar-refractivity contribution in [1.29, 1.82) is 0 Å². The van der Waals surface area contributed by atoms with Crippen LogP contribution in [0.4, 0.5) is 10.5 Å². The quantitative estimate of drug-likeness (QED) is 0.795. The molecule has 0 saturated heterocycles. The van der Waals surface area contributed by atoms with E-state index in [1.54, 1.807) is 13.8 Å². The minimum Gasteiger partial charge on any atom is -0.478 e. The van der Waals surface area contributed by atoms with Gasteiger partial charge >= 0.3 is 12.0 Å². The molecule has 3 N–H and O–H groups in total. The molecule has 0 aliphatic heterocycles. The Morgan fingerprint density at radius 1 is 1.40 bits per heavy atom. The number of carboxylic acid groups (broad SMARTS) is 1. The molecular formula is C13H17ClN2O4. The summed E-state index contributed by atoms with van der Waals surface area (Å²) in [6, 6.07) is 3.73. The van der Waals surface area contributed by atoms with Gasteiger partial charge in [0, 0.05) is 12.7 Å². The number of likely N-dealkylation sites (N-methyl/N-ethyl adjacent to an activating group) is 1. The van der Waals surface area contributed by atoms with Gasteiger partial charge in [-0.25, -0.2) is 9.59 Å². The lowest BCUT2D eigenvalue weighted by Gasteiger charge is -2.25. The number of nitrogens with zero attached hydrogens (tertiary/aromatic N) is 1. The fraction of sp³-hybridized carbons (Fsp3) is 0.385. The van der Waals surface area contributed by atoms with Gasteiger partial charge in [0.15, 0.2) is 0 Å². The number of carboxylic acids is 1. The van der Waals surface area contributed by atoms with E-state index in [2.05, 4.69) is 5.32 Å². The molecular weight excluding hydrogens is 284 g/mol. The summed E-state index contributed by atoms with van der Waals surface area (Å²) >= 11 is 5.74. The molecule has 20 heavy (non-hydrogen) atoms. The van der Waals surface area contributed by atoms with E-state index in [0.717, 1.165) is 0 Å². The van der Waals surface area contributed by atoms with Gasteiger partial charge in [-0.15, -0.1) is 0 Å². The molecule has 0 aliphatic rings. The van der Waals surface area contributed by atoms with E-state index in [0.29, 0.717) is 5.69 Å². The second-order valence-corrected chi connectivity index (χ2v) is 5.51. The first-order chi connectivity index (χ1) is 9.10. The first-order valence-corrected chi connectivity index (χ1v) is 6.25. The van der Waals surface area contributed by atoms with E-state index >= 15 is 0 Å². The Balaban J connectivity index is 2.81. The Morgan fingerprint density at radius 2 is 2.00 bits per heavy atom. The summed E-state index contributed by atoms with van der Waals surface area (Å²) in [5, 5.41) is 21.2. The van der Waals surface area contributed by atoms with Crippen molar-refractivity contribution in [3.05, 3.63) is 28.8 Å². The van der Waals surface area contributed by atoms with Crippen molar-refractivity contribution >= 4 is 29.3 Å². The number of anilines is 1. The molecule has 0 fully saturated rings. The van der Waals surface area contributed by atoms with Gasteiger partial charge in [0.1, 0.15) is 0 Å². The fourth-order valence-corrected chi connectivity index (χ4v) is 1.84. The Labute approximate surface area is 122 Å². The molecule has 0 saturated carbocycles. The van der Waals surface area contributed by atoms with Crippen LogP contribution < -0.4 is 5.32 Å². The predicted octanol–water partition coefficient (Wildman–Crippen LogP) is 2.27. The smallest absolute Gasteiger partial charge is 0.337 e. The van der Waals surface area contributed by atoms with Crippen molar-refractivity contribution in [1.82, 2.24) is 4.90 Å². The molecule has 6 nitrogen and oxygen atoms in total. The van der Waals surface area contributed by atoms with Crippen molar-refractivity contribution in [3.63, 3.8) is 0 Å². The molecule has 0 unspecified atom stereocenters. The number of hydrogen-bond donors (Lipinski definition) is 3. The van der Waals surface area contributed by atoms with Gasteiger partial charge < -0.3 is 20.4 Å². The number of rotatable bonds is 4. The zero-order chi connectivity index (χ0) is 15.5. The van der Waals surface area contributed by atoms with Gasteiger partial charge in [0.2, 0.25) is 0 Å². The SMILES string of the molecule is CN(CC(C)(C)O)C(=O)Nc1ccc(Cl)c(C(=O)O)c1. The van der Waals surface area contributed by atoms with Gasteiger partial charge in [0.25, 0.3) is 0 Å². The highest BCUT2D eigenvalue weighted by atomic mass is 35.5. The number of halogens is 1. The number of aromatic carboxylic acids is 1. The van der Waals surface area contributed by atoms with Crippen LogP contribution in [-0.2, 0) is 0 Å². The molecule has 0 heterocycles. The lowest BCUT2D eigenvalue weighted by Crippen LogP contribution is -2.41. The highest BCUT2D eigenvalue weighted by Crippen LogP contribution is 2.21. The maximum Gasteiger partial charge on any atom is 0.337 e. The average molecular weight is 301 g/mol. The second kappa shape index (κ2) is 6.11. The Hall–Kier alpha value is -1.79. The average Bonchev–Trinajstić information content (AvgIpc) is 2.28. The topological polar surface area (TPSA) is 89.9 Å². The van der Waals surface area contributed by atoms with Crippen LogP contribution in [0.1, 0.15) is 24.2 Å². The third-order valence-electron chi connectivity index (χ3n) is 2.42. The second-order valence-electron chi connectivity index (χ2n) is 5.10. The van der Waals surface area contributed by atoms with E-state index in [-0.39, 0.29) is 17.1 Å². The Bertz CT molecular complexity index is 526. The van der Waals surface area contributed by atoms with Crippen LogP contribution in [0.3, 0.4) is 0 Å². The maximum absolute atomic E-state index is 11.9. The molecule has 1 aromatic rings. The molecule has 0 aliphatic carbocycles. The summed E-state index contributed by atoms with van der Waals surface area (Å²) in [6.45, 7) is 3.31. The first kappa shape index (κ1) is 16.3. The van der Waals surface area contributed by atoms with Crippen LogP contribution in [0.5, 0.6) is 0 Å². The fourth-order valence-electron chi connectivity index (χ4n) is 1.64. The summed E-state index contributed by atoms with van der Waals surface area (Å²) < 4.78 is 0. The van der Waals surface area contributed by atoms with Gasteiger partial charge in [-0.3, -0.25) is 0 Å². The largest absolute Gasteiger partial charge is 0.478 e. The summed E-state index contributed by atoms with van der Waals surface area (Å²) in [6.07, 6.45) is 0. The first-order valence-electron chi connectivity index (χ1n) is 5.87. The van der Waals surface area contributed by atoms with Crippen molar-refractivity contribution in [3.8, 4) is 0 Å². The van der Waals surface area contributed by atoms with Gasteiger partial charge in [-0.2, -0.15) is 0 Å². The Morgan fingerprint density at radius 3 is 2.50 bits per heavy atom. The number of aliphatic hydroxyl groups is 1. The number of carbonyl (C=O) groups excluding carboxylic acids is 1. The zero-order valence-electron chi connectivity index (χ0n) is 11.5. The minimum atomic E-state index is -1.17. The molecule has 0 radical (unpaired) electrons. The van der Waals surface area contributed by atoms with Gasteiger partial charge in [-0.1, -0.05) is 11.6 Å². The van der Waals surface area contributed by atoms with Crippen molar-refractivity contribution in [2.24, 2.45) is 0 Å². The summed E-state index contributed by atoms with van der Waals surface area (Å²) in [5.74, 6) is -1.17. The minimum absolute atomic E-state index is 0.0883. The Kier molecular flexibility index (Phi) is 4.97. The molecule has 1 aromatic carbocycles. The van der Waals surface area contributed by atoms with Crippen LogP contribution in [0, 0.1) is 0 Å². The van der Waals surface area contributed by atoms with Crippen LogP contribution in [0.2, 0.25) is 5.02 Å². The van der Waals surface area contributed by atoms with Crippen molar-refractivity contribution < 1.29 is 19.8 Å². The van der Waals surface area contributed by atoms with Crippen molar-refractivity contribution in [2.75, 3.05) is 18.9 Å². The molecule has 0 spiro atoms.